The lowest BCUT2D eigenvalue weighted by Crippen LogP contribution is -2.38. The molecule has 0 aliphatic rings. The molecule has 1 aromatic carbocycles. The zero-order valence-corrected chi connectivity index (χ0v) is 11.0. The minimum atomic E-state index is -0.740. The molecule has 2 aromatic rings. The minimum Gasteiger partial charge on any atom is -0.462 e. The van der Waals surface area contributed by atoms with E-state index in [1.54, 1.807) is 19.1 Å². The number of rotatable bonds is 4. The number of aromatic nitrogens is 2. The first-order valence-electron chi connectivity index (χ1n) is 6.17. The molecule has 0 atom stereocenters. The molecule has 0 saturated heterocycles. The summed E-state index contributed by atoms with van der Waals surface area (Å²) in [5.41, 5.74) is -0.605. The number of hydrogen-bond acceptors (Lipinski definition) is 4. The van der Waals surface area contributed by atoms with E-state index < -0.39 is 17.2 Å². The van der Waals surface area contributed by atoms with Gasteiger partial charge in [-0.05, 0) is 12.5 Å². The summed E-state index contributed by atoms with van der Waals surface area (Å²) in [5.74, 6) is -0.740. The number of hydrogen-bond donors (Lipinski definition) is 1. The molecule has 0 aliphatic heterocycles. The largest absolute Gasteiger partial charge is 0.462 e. The molecule has 0 fully saturated rings. The minimum absolute atomic E-state index is 0.0995. The third-order valence-corrected chi connectivity index (χ3v) is 2.74. The molecule has 0 aliphatic carbocycles. The summed E-state index contributed by atoms with van der Waals surface area (Å²) in [6, 6.07) is 9.05. The van der Waals surface area contributed by atoms with Gasteiger partial charge < -0.3 is 9.72 Å². The van der Waals surface area contributed by atoms with Gasteiger partial charge in [0, 0.05) is 6.20 Å². The van der Waals surface area contributed by atoms with Gasteiger partial charge in [-0.3, -0.25) is 9.36 Å². The maximum atomic E-state index is 12.2. The number of nitrogens with one attached hydrogen (secondary N) is 1. The van der Waals surface area contributed by atoms with Crippen LogP contribution in [0.4, 0.5) is 0 Å². The van der Waals surface area contributed by atoms with Gasteiger partial charge in [-0.2, -0.15) is 0 Å². The Balaban J connectivity index is 2.43. The van der Waals surface area contributed by atoms with Gasteiger partial charge in [0.05, 0.1) is 13.2 Å². The molecule has 0 unspecified atom stereocenters. The summed E-state index contributed by atoms with van der Waals surface area (Å²) < 4.78 is 5.75. The lowest BCUT2D eigenvalue weighted by atomic mass is 10.2. The van der Waals surface area contributed by atoms with E-state index in [4.69, 9.17) is 4.74 Å². The van der Waals surface area contributed by atoms with Gasteiger partial charge in [0.2, 0.25) is 0 Å². The average Bonchev–Trinajstić information content (AvgIpc) is 2.45. The first-order chi connectivity index (χ1) is 9.63. The zero-order valence-electron chi connectivity index (χ0n) is 11.0. The molecule has 1 N–H and O–H groups in total. The Labute approximate surface area is 114 Å². The molecule has 0 radical (unpaired) electrons. The molecule has 1 heterocycles. The predicted octanol–water partition coefficient (Wildman–Crippen LogP) is 0.762. The van der Waals surface area contributed by atoms with Crippen molar-refractivity contribution in [1.82, 2.24) is 9.55 Å². The number of ether oxygens (including phenoxy) is 1. The maximum Gasteiger partial charge on any atom is 0.345 e. The van der Waals surface area contributed by atoms with Gasteiger partial charge in [-0.25, -0.2) is 9.59 Å². The molecular weight excluding hydrogens is 260 g/mol. The normalized spacial score (nSPS) is 10.2. The second kappa shape index (κ2) is 6.01. The first-order valence-corrected chi connectivity index (χ1v) is 6.17. The van der Waals surface area contributed by atoms with E-state index in [0.29, 0.717) is 0 Å². The van der Waals surface area contributed by atoms with Crippen LogP contribution in [-0.2, 0) is 11.3 Å². The van der Waals surface area contributed by atoms with Crippen molar-refractivity contribution in [1.29, 1.82) is 0 Å². The lowest BCUT2D eigenvalue weighted by Gasteiger charge is -2.06. The Kier molecular flexibility index (Phi) is 4.14. The predicted molar refractivity (Wildman–Crippen MR) is 72.8 cm³/mol. The van der Waals surface area contributed by atoms with Crippen LogP contribution in [0.5, 0.6) is 0 Å². The first kappa shape index (κ1) is 13.8. The maximum absolute atomic E-state index is 12.2. The molecule has 2 rings (SSSR count). The van der Waals surface area contributed by atoms with Crippen LogP contribution in [-0.4, -0.2) is 22.1 Å². The van der Waals surface area contributed by atoms with Crippen LogP contribution in [0.3, 0.4) is 0 Å². The van der Waals surface area contributed by atoms with Gasteiger partial charge in [-0.15, -0.1) is 0 Å². The number of esters is 1. The summed E-state index contributed by atoms with van der Waals surface area (Å²) in [6.07, 6.45) is 1.09. The standard InChI is InChI=1S/C14H14N2O4/c1-2-20-13(18)11-8-15-14(19)16(12(11)17)9-10-6-4-3-5-7-10/h3-8H,2,9H2,1H3,(H,15,19). The SMILES string of the molecule is CCOC(=O)c1c[nH]c(=O)n(Cc2ccccc2)c1=O. The molecule has 1 aromatic heterocycles. The fourth-order valence-electron chi connectivity index (χ4n) is 1.78. The number of carbonyl (C=O) groups excluding carboxylic acids is 1. The van der Waals surface area contributed by atoms with Crippen LogP contribution in [0.1, 0.15) is 22.8 Å². The second-order valence-electron chi connectivity index (χ2n) is 4.10. The molecule has 0 saturated carbocycles. The molecule has 6 heteroatoms. The number of nitrogens with zero attached hydrogens (tertiary/aromatic N) is 1. The molecule has 0 spiro atoms. The van der Waals surface area contributed by atoms with Crippen molar-refractivity contribution in [3.63, 3.8) is 0 Å². The molecule has 0 amide bonds. The molecule has 0 bridgehead atoms. The van der Waals surface area contributed by atoms with Crippen LogP contribution in [0.2, 0.25) is 0 Å². The molecule has 20 heavy (non-hydrogen) atoms. The highest BCUT2D eigenvalue weighted by atomic mass is 16.5. The van der Waals surface area contributed by atoms with E-state index in [-0.39, 0.29) is 18.7 Å². The van der Waals surface area contributed by atoms with E-state index in [1.807, 2.05) is 18.2 Å². The fraction of sp³-hybridized carbons (Fsp3) is 0.214. The third kappa shape index (κ3) is 2.85. The number of benzene rings is 1. The smallest absolute Gasteiger partial charge is 0.345 e. The van der Waals surface area contributed by atoms with Crippen LogP contribution >= 0.6 is 0 Å². The van der Waals surface area contributed by atoms with Crippen molar-refractivity contribution in [2.45, 2.75) is 13.5 Å². The number of carbonyl (C=O) groups is 1. The van der Waals surface area contributed by atoms with Gasteiger partial charge in [-0.1, -0.05) is 30.3 Å². The summed E-state index contributed by atoms with van der Waals surface area (Å²) in [5, 5.41) is 0. The van der Waals surface area contributed by atoms with E-state index in [2.05, 4.69) is 4.98 Å². The second-order valence-corrected chi connectivity index (χ2v) is 4.10. The topological polar surface area (TPSA) is 81.2 Å². The van der Waals surface area contributed by atoms with E-state index in [1.165, 1.54) is 0 Å². The Morgan fingerprint density at radius 1 is 1.25 bits per heavy atom. The van der Waals surface area contributed by atoms with Crippen LogP contribution < -0.4 is 11.2 Å². The molecule has 104 valence electrons. The molecule has 6 nitrogen and oxygen atoms in total. The fourth-order valence-corrected chi connectivity index (χ4v) is 1.78. The summed E-state index contributed by atoms with van der Waals surface area (Å²) in [7, 11) is 0. The highest BCUT2D eigenvalue weighted by molar-refractivity contribution is 5.88. The van der Waals surface area contributed by atoms with Crippen molar-refractivity contribution in [2.24, 2.45) is 0 Å². The van der Waals surface area contributed by atoms with Crippen molar-refractivity contribution < 1.29 is 9.53 Å². The van der Waals surface area contributed by atoms with E-state index in [9.17, 15) is 14.4 Å². The van der Waals surface area contributed by atoms with Crippen molar-refractivity contribution >= 4 is 5.97 Å². The van der Waals surface area contributed by atoms with Crippen molar-refractivity contribution in [2.75, 3.05) is 6.61 Å². The van der Waals surface area contributed by atoms with Crippen molar-refractivity contribution in [3.8, 4) is 0 Å². The third-order valence-electron chi connectivity index (χ3n) is 2.74. The van der Waals surface area contributed by atoms with Gasteiger partial charge in [0.25, 0.3) is 5.56 Å². The van der Waals surface area contributed by atoms with E-state index >= 15 is 0 Å². The van der Waals surface area contributed by atoms with Gasteiger partial charge >= 0.3 is 11.7 Å². The Morgan fingerprint density at radius 3 is 2.60 bits per heavy atom. The monoisotopic (exact) mass is 274 g/mol. The van der Waals surface area contributed by atoms with Crippen LogP contribution in [0.25, 0.3) is 0 Å². The summed E-state index contributed by atoms with van der Waals surface area (Å²) in [4.78, 5) is 37.9. The van der Waals surface area contributed by atoms with Gasteiger partial charge in [0.15, 0.2) is 0 Å². The highest BCUT2D eigenvalue weighted by Crippen LogP contribution is 1.99. The Morgan fingerprint density at radius 2 is 1.95 bits per heavy atom. The quantitative estimate of drug-likeness (QED) is 0.835. The number of H-pyrrole nitrogens is 1. The molecular formula is C14H14N2O4. The number of aromatic amines is 1. The summed E-state index contributed by atoms with van der Waals surface area (Å²) >= 11 is 0. The Bertz CT molecular complexity index is 716. The van der Waals surface area contributed by atoms with Crippen LogP contribution in [0, 0.1) is 0 Å². The highest BCUT2D eigenvalue weighted by Gasteiger charge is 2.15. The van der Waals surface area contributed by atoms with Crippen molar-refractivity contribution in [3.05, 3.63) is 68.5 Å². The lowest BCUT2D eigenvalue weighted by molar-refractivity contribution is 0.0522. The van der Waals surface area contributed by atoms with Crippen LogP contribution in [0.15, 0.2) is 46.1 Å². The average molecular weight is 274 g/mol. The summed E-state index contributed by atoms with van der Waals surface area (Å²) in [6.45, 7) is 1.91. The Hall–Kier alpha value is -2.63. The van der Waals surface area contributed by atoms with Gasteiger partial charge in [0.1, 0.15) is 5.56 Å². The zero-order chi connectivity index (χ0) is 14.5. The van der Waals surface area contributed by atoms with E-state index in [0.717, 1.165) is 16.3 Å².